The van der Waals surface area contributed by atoms with E-state index in [2.05, 4.69) is 0 Å². The smallest absolute Gasteiger partial charge is 0.0597 e. The predicted molar refractivity (Wildman–Crippen MR) is 55.3 cm³/mol. The molecule has 0 amide bonds. The van der Waals surface area contributed by atoms with Crippen molar-refractivity contribution in [3.8, 4) is 0 Å². The van der Waals surface area contributed by atoms with E-state index in [0.717, 1.165) is 19.6 Å². The van der Waals surface area contributed by atoms with Crippen molar-refractivity contribution >= 4 is 0 Å². The molecule has 14 heavy (non-hydrogen) atoms. The molecule has 1 heterocycles. The molecule has 0 aromatic carbocycles. The molecule has 1 saturated heterocycles. The summed E-state index contributed by atoms with van der Waals surface area (Å²) in [6, 6.07) is 0. The SMILES string of the molecule is CC(C)(CO)COCCC1CCCO1. The molecule has 1 atom stereocenters. The summed E-state index contributed by atoms with van der Waals surface area (Å²) in [5.41, 5.74) is -0.115. The minimum atomic E-state index is -0.115. The van der Waals surface area contributed by atoms with Crippen LogP contribution in [0, 0.1) is 5.41 Å². The molecular weight excluding hydrogens is 180 g/mol. The second-order valence-electron chi connectivity index (χ2n) is 4.80. The molecule has 3 heteroatoms. The van der Waals surface area contributed by atoms with Gasteiger partial charge in [0.2, 0.25) is 0 Å². The molecule has 1 aliphatic rings. The molecule has 84 valence electrons. The Bertz CT molecular complexity index is 151. The molecule has 0 spiro atoms. The van der Waals surface area contributed by atoms with Crippen LogP contribution in [0.15, 0.2) is 0 Å². The summed E-state index contributed by atoms with van der Waals surface area (Å²) < 4.78 is 11.0. The van der Waals surface area contributed by atoms with Gasteiger partial charge in [-0.15, -0.1) is 0 Å². The van der Waals surface area contributed by atoms with Crippen molar-refractivity contribution in [3.05, 3.63) is 0 Å². The average molecular weight is 202 g/mol. The van der Waals surface area contributed by atoms with Gasteiger partial charge in [0.15, 0.2) is 0 Å². The number of hydrogen-bond acceptors (Lipinski definition) is 3. The molecule has 1 fully saturated rings. The van der Waals surface area contributed by atoms with Crippen LogP contribution in [0.25, 0.3) is 0 Å². The lowest BCUT2D eigenvalue weighted by Crippen LogP contribution is -2.24. The summed E-state index contributed by atoms with van der Waals surface area (Å²) in [4.78, 5) is 0. The second kappa shape index (κ2) is 5.69. The lowest BCUT2D eigenvalue weighted by atomic mass is 9.97. The van der Waals surface area contributed by atoms with E-state index in [1.165, 1.54) is 12.8 Å². The van der Waals surface area contributed by atoms with E-state index in [0.29, 0.717) is 12.7 Å². The third-order valence-electron chi connectivity index (χ3n) is 2.53. The van der Waals surface area contributed by atoms with Gasteiger partial charge >= 0.3 is 0 Å². The maximum Gasteiger partial charge on any atom is 0.0597 e. The summed E-state index contributed by atoms with van der Waals surface area (Å²) in [5, 5.41) is 9.00. The molecule has 0 bridgehead atoms. The fourth-order valence-corrected chi connectivity index (χ4v) is 1.48. The summed E-state index contributed by atoms with van der Waals surface area (Å²) in [5.74, 6) is 0. The van der Waals surface area contributed by atoms with Crippen molar-refractivity contribution in [1.29, 1.82) is 0 Å². The molecule has 0 saturated carbocycles. The highest BCUT2D eigenvalue weighted by molar-refractivity contribution is 4.67. The Hall–Kier alpha value is -0.120. The van der Waals surface area contributed by atoms with Crippen molar-refractivity contribution in [2.45, 2.75) is 39.2 Å². The van der Waals surface area contributed by atoms with Gasteiger partial charge in [0, 0.05) is 18.6 Å². The Morgan fingerprint density at radius 1 is 1.50 bits per heavy atom. The minimum absolute atomic E-state index is 0.115. The van der Waals surface area contributed by atoms with Gasteiger partial charge in [-0.1, -0.05) is 13.8 Å². The number of hydrogen-bond donors (Lipinski definition) is 1. The first kappa shape index (κ1) is 12.0. The van der Waals surface area contributed by atoms with Crippen LogP contribution in [-0.4, -0.2) is 37.6 Å². The molecule has 1 aliphatic heterocycles. The fraction of sp³-hybridized carbons (Fsp3) is 1.00. The first-order valence-corrected chi connectivity index (χ1v) is 5.44. The van der Waals surface area contributed by atoms with Crippen LogP contribution >= 0.6 is 0 Å². The fourth-order valence-electron chi connectivity index (χ4n) is 1.48. The van der Waals surface area contributed by atoms with E-state index in [1.807, 2.05) is 13.8 Å². The Balaban J connectivity index is 1.98. The normalized spacial score (nSPS) is 22.9. The standard InChI is InChI=1S/C11H22O3/c1-11(2,8-12)9-13-7-5-10-4-3-6-14-10/h10,12H,3-9H2,1-2H3. The second-order valence-corrected chi connectivity index (χ2v) is 4.80. The zero-order valence-corrected chi connectivity index (χ0v) is 9.29. The van der Waals surface area contributed by atoms with E-state index < -0.39 is 0 Å². The number of ether oxygens (including phenoxy) is 2. The van der Waals surface area contributed by atoms with Gasteiger partial charge in [0.25, 0.3) is 0 Å². The van der Waals surface area contributed by atoms with Crippen molar-refractivity contribution in [2.24, 2.45) is 5.41 Å². The first-order valence-electron chi connectivity index (χ1n) is 5.44. The molecule has 1 unspecified atom stereocenters. The lowest BCUT2D eigenvalue weighted by molar-refractivity contribution is 0.00866. The Morgan fingerprint density at radius 2 is 2.29 bits per heavy atom. The zero-order valence-electron chi connectivity index (χ0n) is 9.29. The third kappa shape index (κ3) is 4.40. The maximum absolute atomic E-state index is 9.00. The summed E-state index contributed by atoms with van der Waals surface area (Å²) in [6.07, 6.45) is 3.76. The molecule has 3 nitrogen and oxygen atoms in total. The van der Waals surface area contributed by atoms with Crippen molar-refractivity contribution in [3.63, 3.8) is 0 Å². The van der Waals surface area contributed by atoms with Gasteiger partial charge in [-0.2, -0.15) is 0 Å². The molecule has 1 rings (SSSR count). The van der Waals surface area contributed by atoms with Crippen LogP contribution in [0.4, 0.5) is 0 Å². The highest BCUT2D eigenvalue weighted by atomic mass is 16.5. The van der Waals surface area contributed by atoms with Crippen molar-refractivity contribution in [1.82, 2.24) is 0 Å². The van der Waals surface area contributed by atoms with Gasteiger partial charge in [-0.05, 0) is 19.3 Å². The highest BCUT2D eigenvalue weighted by Gasteiger charge is 2.18. The maximum atomic E-state index is 9.00. The first-order chi connectivity index (χ1) is 6.64. The number of aliphatic hydroxyl groups is 1. The van der Waals surface area contributed by atoms with Crippen LogP contribution in [0.2, 0.25) is 0 Å². The topological polar surface area (TPSA) is 38.7 Å². The van der Waals surface area contributed by atoms with Crippen LogP contribution in [0.5, 0.6) is 0 Å². The minimum Gasteiger partial charge on any atom is -0.396 e. The highest BCUT2D eigenvalue weighted by Crippen LogP contribution is 2.17. The largest absolute Gasteiger partial charge is 0.396 e. The van der Waals surface area contributed by atoms with Gasteiger partial charge in [-0.3, -0.25) is 0 Å². The molecule has 1 N–H and O–H groups in total. The molecule has 0 aromatic rings. The Morgan fingerprint density at radius 3 is 2.86 bits per heavy atom. The van der Waals surface area contributed by atoms with E-state index in [9.17, 15) is 0 Å². The monoisotopic (exact) mass is 202 g/mol. The van der Waals surface area contributed by atoms with Crippen LogP contribution in [0.3, 0.4) is 0 Å². The van der Waals surface area contributed by atoms with Gasteiger partial charge in [0.1, 0.15) is 0 Å². The van der Waals surface area contributed by atoms with Crippen molar-refractivity contribution in [2.75, 3.05) is 26.4 Å². The summed E-state index contributed by atoms with van der Waals surface area (Å²) in [6.45, 7) is 6.45. The quantitative estimate of drug-likeness (QED) is 0.665. The molecule has 0 aliphatic carbocycles. The van der Waals surface area contributed by atoms with Crippen LogP contribution < -0.4 is 0 Å². The summed E-state index contributed by atoms with van der Waals surface area (Å²) >= 11 is 0. The van der Waals surface area contributed by atoms with Crippen LogP contribution in [-0.2, 0) is 9.47 Å². The van der Waals surface area contributed by atoms with E-state index >= 15 is 0 Å². The van der Waals surface area contributed by atoms with Gasteiger partial charge in [-0.25, -0.2) is 0 Å². The van der Waals surface area contributed by atoms with Crippen LogP contribution in [0.1, 0.15) is 33.1 Å². The summed E-state index contributed by atoms with van der Waals surface area (Å²) in [7, 11) is 0. The average Bonchev–Trinajstić information content (AvgIpc) is 2.65. The number of aliphatic hydroxyl groups excluding tert-OH is 1. The van der Waals surface area contributed by atoms with E-state index in [-0.39, 0.29) is 12.0 Å². The van der Waals surface area contributed by atoms with E-state index in [4.69, 9.17) is 14.6 Å². The predicted octanol–water partition coefficient (Wildman–Crippen LogP) is 1.59. The molecule has 0 aromatic heterocycles. The zero-order chi connectivity index (χ0) is 10.4. The molecule has 0 radical (unpaired) electrons. The molecular formula is C11H22O3. The van der Waals surface area contributed by atoms with Gasteiger partial charge in [0.05, 0.1) is 19.3 Å². The third-order valence-corrected chi connectivity index (χ3v) is 2.53. The lowest BCUT2D eigenvalue weighted by Gasteiger charge is -2.21. The Labute approximate surface area is 86.4 Å². The van der Waals surface area contributed by atoms with E-state index in [1.54, 1.807) is 0 Å². The Kier molecular flexibility index (Phi) is 4.85. The number of rotatable bonds is 6. The van der Waals surface area contributed by atoms with Crippen molar-refractivity contribution < 1.29 is 14.6 Å². The van der Waals surface area contributed by atoms with Gasteiger partial charge < -0.3 is 14.6 Å².